The second-order valence-corrected chi connectivity index (χ2v) is 8.78. The second kappa shape index (κ2) is 10.1. The number of thioether (sulfide) groups is 1. The zero-order valence-electron chi connectivity index (χ0n) is 18.7. The van der Waals surface area contributed by atoms with Crippen molar-refractivity contribution in [2.45, 2.75) is 56.5 Å². The third-order valence-corrected chi connectivity index (χ3v) is 6.63. The predicted octanol–water partition coefficient (Wildman–Crippen LogP) is 4.59. The summed E-state index contributed by atoms with van der Waals surface area (Å²) in [5.41, 5.74) is 6.53. The van der Waals surface area contributed by atoms with Crippen LogP contribution in [0.2, 0.25) is 0 Å². The maximum atomic E-state index is 13.4. The van der Waals surface area contributed by atoms with Gasteiger partial charge in [-0.05, 0) is 55.2 Å². The highest BCUT2D eigenvalue weighted by Crippen LogP contribution is 2.38. The number of benzene rings is 2. The van der Waals surface area contributed by atoms with Crippen molar-refractivity contribution in [2.24, 2.45) is 0 Å². The van der Waals surface area contributed by atoms with Gasteiger partial charge in [-0.25, -0.2) is 4.68 Å². The van der Waals surface area contributed by atoms with E-state index in [0.717, 1.165) is 42.1 Å². The maximum absolute atomic E-state index is 13.4. The fourth-order valence-corrected chi connectivity index (χ4v) is 4.81. The number of hydrogen-bond acceptors (Lipinski definition) is 6. The monoisotopic (exact) mass is 451 g/mol. The molecule has 1 amide bonds. The van der Waals surface area contributed by atoms with E-state index in [9.17, 15) is 4.79 Å². The summed E-state index contributed by atoms with van der Waals surface area (Å²) in [5.74, 6) is 1.62. The van der Waals surface area contributed by atoms with Crippen LogP contribution < -0.4 is 15.5 Å². The Kier molecular flexibility index (Phi) is 6.99. The number of ether oxygens (including phenoxy) is 1. The predicted molar refractivity (Wildman–Crippen MR) is 128 cm³/mol. The van der Waals surface area contributed by atoms with Gasteiger partial charge in [0.1, 0.15) is 11.0 Å². The van der Waals surface area contributed by atoms with Crippen LogP contribution in [-0.2, 0) is 17.6 Å². The summed E-state index contributed by atoms with van der Waals surface area (Å²) in [6.45, 7) is 6.80. The van der Waals surface area contributed by atoms with Gasteiger partial charge in [0, 0.05) is 12.1 Å². The van der Waals surface area contributed by atoms with Crippen molar-refractivity contribution < 1.29 is 9.53 Å². The number of carbonyl (C=O) groups is 1. The summed E-state index contributed by atoms with van der Waals surface area (Å²) in [6, 6.07) is 15.6. The van der Waals surface area contributed by atoms with Gasteiger partial charge < -0.3 is 15.5 Å². The number of fused-ring (bicyclic) bond motifs is 1. The molecule has 1 aliphatic rings. The Morgan fingerprint density at radius 2 is 1.84 bits per heavy atom. The summed E-state index contributed by atoms with van der Waals surface area (Å²) in [7, 11) is 0. The van der Waals surface area contributed by atoms with Gasteiger partial charge in [0.25, 0.3) is 0 Å². The minimum Gasteiger partial charge on any atom is -0.494 e. The molecule has 2 atom stereocenters. The van der Waals surface area contributed by atoms with Gasteiger partial charge in [-0.3, -0.25) is 4.79 Å². The van der Waals surface area contributed by atoms with Crippen molar-refractivity contribution in [1.29, 1.82) is 0 Å². The molecule has 2 heterocycles. The fourth-order valence-electron chi connectivity index (χ4n) is 3.71. The number of aromatic nitrogens is 3. The lowest BCUT2D eigenvalue weighted by Gasteiger charge is -2.33. The molecule has 168 valence electrons. The number of rotatable bonds is 8. The van der Waals surface area contributed by atoms with Crippen molar-refractivity contribution in [1.82, 2.24) is 14.9 Å². The number of aryl methyl sites for hydroxylation is 2. The highest BCUT2D eigenvalue weighted by molar-refractivity contribution is 8.00. The molecule has 1 aliphatic heterocycles. The first-order valence-corrected chi connectivity index (χ1v) is 12.0. The number of amides is 1. The Morgan fingerprint density at radius 1 is 1.09 bits per heavy atom. The molecule has 7 nitrogen and oxygen atoms in total. The number of anilines is 1. The standard InChI is InChI=1S/C24H29N5O2S/c1-4-7-20-26-27-24-29(20)28-21(17-10-14-19(15-11-17)31-6-3)22(32-24)23(30)25-18-12-8-16(5-2)9-13-18/h8-15,21-22,28H,4-7H2,1-3H3,(H,25,30)/t21-,22-/m0/s1. The molecule has 32 heavy (non-hydrogen) atoms. The molecule has 4 rings (SSSR count). The number of hydrogen-bond donors (Lipinski definition) is 2. The molecule has 0 fully saturated rings. The Labute approximate surface area is 192 Å². The molecule has 0 saturated carbocycles. The van der Waals surface area contributed by atoms with E-state index < -0.39 is 5.25 Å². The summed E-state index contributed by atoms with van der Waals surface area (Å²) in [4.78, 5) is 13.4. The maximum Gasteiger partial charge on any atom is 0.240 e. The lowest BCUT2D eigenvalue weighted by molar-refractivity contribution is -0.116. The van der Waals surface area contributed by atoms with Gasteiger partial charge in [0.15, 0.2) is 5.82 Å². The van der Waals surface area contributed by atoms with Crippen molar-refractivity contribution in [3.63, 3.8) is 0 Å². The van der Waals surface area contributed by atoms with E-state index in [0.29, 0.717) is 11.8 Å². The number of carbonyl (C=O) groups excluding carboxylic acids is 1. The molecule has 0 saturated heterocycles. The fraction of sp³-hybridized carbons (Fsp3) is 0.375. The van der Waals surface area contributed by atoms with Crippen molar-refractivity contribution >= 4 is 23.4 Å². The van der Waals surface area contributed by atoms with Crippen LogP contribution in [0.3, 0.4) is 0 Å². The SMILES string of the molecule is CCCc1nnc2n1N[C@@H](c1ccc(OCC)cc1)[C@@H](C(=O)Nc1ccc(CC)cc1)S2. The first-order chi connectivity index (χ1) is 15.6. The first-order valence-electron chi connectivity index (χ1n) is 11.1. The average Bonchev–Trinajstić information content (AvgIpc) is 3.21. The minimum absolute atomic E-state index is 0.0723. The van der Waals surface area contributed by atoms with Crippen LogP contribution in [-0.4, -0.2) is 32.6 Å². The zero-order chi connectivity index (χ0) is 22.5. The summed E-state index contributed by atoms with van der Waals surface area (Å²) in [6.07, 6.45) is 2.75. The zero-order valence-corrected chi connectivity index (χ0v) is 19.5. The van der Waals surface area contributed by atoms with E-state index >= 15 is 0 Å². The first kappa shape index (κ1) is 22.2. The summed E-state index contributed by atoms with van der Waals surface area (Å²) in [5, 5.41) is 12.0. The van der Waals surface area contributed by atoms with Crippen LogP contribution in [0.5, 0.6) is 5.75 Å². The van der Waals surface area contributed by atoms with Crippen molar-refractivity contribution in [3.8, 4) is 5.75 Å². The molecule has 0 bridgehead atoms. The Balaban J connectivity index is 1.62. The quantitative estimate of drug-likeness (QED) is 0.521. The minimum atomic E-state index is -0.412. The Morgan fingerprint density at radius 3 is 2.50 bits per heavy atom. The van der Waals surface area contributed by atoms with Gasteiger partial charge in [0.2, 0.25) is 11.1 Å². The molecule has 0 unspecified atom stereocenters. The molecule has 0 aliphatic carbocycles. The van der Waals surface area contributed by atoms with E-state index in [4.69, 9.17) is 4.74 Å². The summed E-state index contributed by atoms with van der Waals surface area (Å²) >= 11 is 1.44. The third kappa shape index (κ3) is 4.75. The molecule has 8 heteroatoms. The molecular weight excluding hydrogens is 422 g/mol. The molecular formula is C24H29N5O2S. The van der Waals surface area contributed by atoms with Crippen molar-refractivity contribution in [3.05, 3.63) is 65.5 Å². The van der Waals surface area contributed by atoms with E-state index in [1.54, 1.807) is 0 Å². The van der Waals surface area contributed by atoms with E-state index in [-0.39, 0.29) is 11.9 Å². The van der Waals surface area contributed by atoms with Gasteiger partial charge in [-0.15, -0.1) is 10.2 Å². The highest BCUT2D eigenvalue weighted by atomic mass is 32.2. The highest BCUT2D eigenvalue weighted by Gasteiger charge is 2.37. The van der Waals surface area contributed by atoms with Gasteiger partial charge >= 0.3 is 0 Å². The molecule has 0 spiro atoms. The van der Waals surface area contributed by atoms with Crippen LogP contribution in [0.15, 0.2) is 53.7 Å². The largest absolute Gasteiger partial charge is 0.494 e. The van der Waals surface area contributed by atoms with E-state index in [2.05, 4.69) is 34.8 Å². The van der Waals surface area contributed by atoms with Crippen LogP contribution in [0.4, 0.5) is 5.69 Å². The lowest BCUT2D eigenvalue weighted by Crippen LogP contribution is -2.41. The summed E-state index contributed by atoms with van der Waals surface area (Å²) < 4.78 is 7.51. The second-order valence-electron chi connectivity index (χ2n) is 7.67. The normalized spacial score (nSPS) is 17.3. The van der Waals surface area contributed by atoms with Gasteiger partial charge in [-0.2, -0.15) is 0 Å². The van der Waals surface area contributed by atoms with Gasteiger partial charge in [0.05, 0.1) is 12.6 Å². The molecule has 1 aromatic heterocycles. The topological polar surface area (TPSA) is 81.1 Å². The lowest BCUT2D eigenvalue weighted by atomic mass is 10.0. The average molecular weight is 452 g/mol. The van der Waals surface area contributed by atoms with Crippen LogP contribution in [0, 0.1) is 0 Å². The van der Waals surface area contributed by atoms with E-state index in [1.807, 2.05) is 60.1 Å². The van der Waals surface area contributed by atoms with Crippen LogP contribution in [0.1, 0.15) is 50.2 Å². The molecule has 3 aromatic rings. The van der Waals surface area contributed by atoms with E-state index in [1.165, 1.54) is 17.3 Å². The van der Waals surface area contributed by atoms with Crippen molar-refractivity contribution in [2.75, 3.05) is 17.3 Å². The smallest absolute Gasteiger partial charge is 0.240 e. The Hall–Kier alpha value is -3.00. The molecule has 2 N–H and O–H groups in total. The third-order valence-electron chi connectivity index (χ3n) is 5.42. The molecule has 0 radical (unpaired) electrons. The number of nitrogens with one attached hydrogen (secondary N) is 2. The molecule has 2 aromatic carbocycles. The van der Waals surface area contributed by atoms with Crippen LogP contribution in [0.25, 0.3) is 0 Å². The number of nitrogens with zero attached hydrogens (tertiary/aromatic N) is 3. The van der Waals surface area contributed by atoms with Crippen LogP contribution >= 0.6 is 11.8 Å². The van der Waals surface area contributed by atoms with Gasteiger partial charge in [-0.1, -0.05) is 49.9 Å². The Bertz CT molecular complexity index is 1050.